The van der Waals surface area contributed by atoms with Gasteiger partial charge in [0.2, 0.25) is 65.6 Å². The van der Waals surface area contributed by atoms with Crippen molar-refractivity contribution in [2.75, 3.05) is 40.8 Å². The van der Waals surface area contributed by atoms with Gasteiger partial charge in [-0.2, -0.15) is 0 Å². The molecule has 8 amide bonds. The topological polar surface area (TPSA) is 573 Å². The number of halogens is 2. The van der Waals surface area contributed by atoms with Crippen LogP contribution >= 0.6 is 23.2 Å². The van der Waals surface area contributed by atoms with Gasteiger partial charge >= 0.3 is 5.97 Å². The quantitative estimate of drug-likeness (QED) is 0.0421. The number of rotatable bonds is 22. The van der Waals surface area contributed by atoms with E-state index in [-0.39, 0.29) is 53.3 Å². The smallest absolute Gasteiger partial charge is 0.335 e. The molecule has 7 aromatic rings. The molecule has 0 radical (unpaired) electrons. The van der Waals surface area contributed by atoms with Crippen molar-refractivity contribution in [2.24, 2.45) is 5.92 Å². The van der Waals surface area contributed by atoms with E-state index in [1.165, 1.54) is 49.5 Å². The van der Waals surface area contributed by atoms with E-state index in [0.717, 1.165) is 105 Å². The Labute approximate surface area is 735 Å². The number of phenols is 4. The van der Waals surface area contributed by atoms with Gasteiger partial charge < -0.3 is 147 Å². The minimum atomic E-state index is -2.45. The molecule has 18 unspecified atom stereocenters. The Kier molecular flexibility index (Phi) is 29.2. The largest absolute Gasteiger partial charge is 0.508 e. The molecule has 38 nitrogen and oxygen atoms in total. The van der Waals surface area contributed by atoms with Crippen LogP contribution in [0.4, 0.5) is 0 Å². The predicted octanol–water partition coefficient (Wildman–Crippen LogP) is 4.30. The highest BCUT2D eigenvalue weighted by molar-refractivity contribution is 6.33. The van der Waals surface area contributed by atoms with E-state index in [2.05, 4.69) is 61.7 Å². The van der Waals surface area contributed by atoms with Crippen molar-refractivity contribution in [3.05, 3.63) is 164 Å². The van der Waals surface area contributed by atoms with E-state index in [9.17, 15) is 75.7 Å². The number of benzene rings is 7. The Morgan fingerprint density at radius 3 is 1.83 bits per heavy atom. The molecular weight excluding hydrogens is 1700 g/mol. The third-order valence-electron chi connectivity index (χ3n) is 22.5. The van der Waals surface area contributed by atoms with Gasteiger partial charge in [-0.05, 0) is 153 Å². The number of carboxylic acids is 1. The SMILES string of the molecule is CNC1C(=O)NC2C(=O)NC(C(=O)NC3C(=O)NC4C(=O)NC(C(=O)NC(C(=O)NCCCN(C)C)c5cc(O)cc(OC6OC(CO)C(O)C(O)C6O)c5-c5cc4ccc5O)C(O)c4ccc(c(Cl)c4)Oc4cc3cc(c4OC3OC(C(=O)O)C(O)C(O)C3NC(=O)CCCCCCCCC(C)C)Oc3ccc2cc3)c2cc(cc(O)c2Cl)Oc2cc1ccc2O. The van der Waals surface area contributed by atoms with E-state index in [1.54, 1.807) is 19.0 Å². The monoisotopic (exact) mass is 1800 g/mol. The lowest BCUT2D eigenvalue weighted by Gasteiger charge is -2.41. The summed E-state index contributed by atoms with van der Waals surface area (Å²) in [5.41, 5.74) is -3.05. The van der Waals surface area contributed by atoms with Crippen LogP contribution in [0.15, 0.2) is 115 Å². The lowest BCUT2D eigenvalue weighted by Crippen LogP contribution is -2.66. The summed E-state index contributed by atoms with van der Waals surface area (Å²) in [7, 11) is 4.94. The first-order chi connectivity index (χ1) is 60.6. The number of nitrogens with one attached hydrogen (secondary N) is 9. The number of carbonyl (C=O) groups is 9. The summed E-state index contributed by atoms with van der Waals surface area (Å²) in [5.74, 6) is -17.8. The first-order valence-corrected chi connectivity index (χ1v) is 41.8. The summed E-state index contributed by atoms with van der Waals surface area (Å²) in [6.45, 7) is 3.61. The third kappa shape index (κ3) is 20.7. The summed E-state index contributed by atoms with van der Waals surface area (Å²) in [6, 6.07) is 4.87. The standard InChI is InChI=1S/C87H98Cl2N10O28/c1-37(2)13-10-8-6-7-9-11-14-59(105)92-69-72(108)74(110)77(85(119)120)127-86(69)126-76-56-30-42-31-57(76)123-53-24-19-41(28-49(53)88)70(106)68-84(118)96-66(78(112)91-25-12-26-99(4)5)47-32-43(101)33-55(124-87-75(111)73(109)71(107)58(36-100)125-87)60(47)46-27-39(17-22-50(46)102)64(81(115)98-68)94-82(116)65(42)95-83(117)67-48-34-45(35-52(104)61(48)89)122-54-29-40(18-23-51(54)103)62(90-3)79(113)93-63(80(114)97-67)38-15-20-44(121-56)21-16-38/h15-24,27-35,37,58,62-75,77,86-87,90,100-104,106-111H,6-14,25-26,36H2,1-5H3,(H,91,112)(H,92,105)(H,93,113)(H,94,116)(H,95,117)(H,96,118)(H,97,114)(H,98,115)(H,119,120). The Morgan fingerprint density at radius 1 is 0.535 bits per heavy atom. The molecule has 2 fully saturated rings. The number of aromatic hydroxyl groups is 4. The van der Waals surface area contributed by atoms with Gasteiger partial charge in [0.25, 0.3) is 0 Å². The van der Waals surface area contributed by atoms with Gasteiger partial charge in [-0.1, -0.05) is 106 Å². The van der Waals surface area contributed by atoms with Crippen LogP contribution in [0.25, 0.3) is 11.1 Å². The minimum absolute atomic E-state index is 0.0372. The molecular formula is C87H98Cl2N10O28. The van der Waals surface area contributed by atoms with Crippen molar-refractivity contribution in [3.63, 3.8) is 0 Å². The lowest BCUT2D eigenvalue weighted by molar-refractivity contribution is -0.277. The van der Waals surface area contributed by atoms with E-state index >= 15 is 28.8 Å². The van der Waals surface area contributed by atoms with E-state index in [0.29, 0.717) is 25.3 Å². The number of amides is 8. The summed E-state index contributed by atoms with van der Waals surface area (Å²) in [4.78, 5) is 140. The number of aliphatic carboxylic acids is 1. The number of hydrogen-bond donors (Lipinski definition) is 21. The number of unbranched alkanes of at least 4 members (excludes halogenated alkanes) is 5. The van der Waals surface area contributed by atoms with Crippen LogP contribution in [-0.4, -0.2) is 228 Å². The number of likely N-dealkylation sites (N-methyl/N-ethyl adjacent to an activating group) is 1. The molecule has 0 saturated carbocycles. The first kappa shape index (κ1) is 92.8. The molecule has 7 aromatic carbocycles. The fraction of sp³-hybridized carbons (Fsp3) is 0.414. The molecule has 18 atom stereocenters. The van der Waals surface area contributed by atoms with Crippen LogP contribution in [0.3, 0.4) is 0 Å². The molecule has 17 bridgehead atoms. The molecule has 8 aliphatic rings. The molecule has 678 valence electrons. The van der Waals surface area contributed by atoms with Crippen molar-refractivity contribution < 1.29 is 138 Å². The van der Waals surface area contributed by atoms with Crippen molar-refractivity contribution in [2.45, 2.75) is 181 Å². The molecule has 0 aliphatic carbocycles. The van der Waals surface area contributed by atoms with Crippen molar-refractivity contribution in [3.8, 4) is 80.1 Å². The Morgan fingerprint density at radius 2 is 1.15 bits per heavy atom. The molecule has 15 rings (SSSR count). The maximum absolute atomic E-state index is 16.8. The predicted molar refractivity (Wildman–Crippen MR) is 447 cm³/mol. The highest BCUT2D eigenvalue weighted by Gasteiger charge is 2.52. The Hall–Kier alpha value is -11.9. The van der Waals surface area contributed by atoms with Crippen LogP contribution < -0.4 is 71.5 Å². The molecule has 0 aromatic heterocycles. The second kappa shape index (κ2) is 40.0. The van der Waals surface area contributed by atoms with Crippen molar-refractivity contribution >= 4 is 76.4 Å². The fourth-order valence-corrected chi connectivity index (χ4v) is 16.2. The van der Waals surface area contributed by atoms with Gasteiger partial charge in [-0.3, -0.25) is 38.4 Å². The third-order valence-corrected chi connectivity index (χ3v) is 23.2. The average molecular weight is 1800 g/mol. The van der Waals surface area contributed by atoms with Crippen LogP contribution in [0, 0.1) is 5.92 Å². The highest BCUT2D eigenvalue weighted by atomic mass is 35.5. The number of phenolic OH excluding ortho intramolecular Hbond substituents is 4. The van der Waals surface area contributed by atoms with E-state index < -0.39 is 265 Å². The van der Waals surface area contributed by atoms with Crippen LogP contribution in [0.5, 0.6) is 69.0 Å². The van der Waals surface area contributed by atoms with Gasteiger partial charge in [0.15, 0.2) is 29.1 Å². The maximum atomic E-state index is 16.8. The number of hydrogen-bond acceptors (Lipinski definition) is 29. The van der Waals surface area contributed by atoms with Crippen LogP contribution in [0.2, 0.25) is 10.0 Å². The number of carboxylic acid groups (broad SMARTS) is 1. The summed E-state index contributed by atoms with van der Waals surface area (Å²) >= 11 is 14.3. The average Bonchev–Trinajstić information content (AvgIpc) is 1.05. The first-order valence-electron chi connectivity index (χ1n) is 41.0. The van der Waals surface area contributed by atoms with Gasteiger partial charge in [-0.15, -0.1) is 0 Å². The molecule has 8 heterocycles. The molecule has 0 spiro atoms. The van der Waals surface area contributed by atoms with Gasteiger partial charge in [-0.25, -0.2) is 4.79 Å². The number of aliphatic hydroxyl groups is 7. The second-order valence-corrected chi connectivity index (χ2v) is 33.1. The highest BCUT2D eigenvalue weighted by Crippen LogP contribution is 2.51. The van der Waals surface area contributed by atoms with Crippen molar-refractivity contribution in [1.82, 2.24) is 52.8 Å². The van der Waals surface area contributed by atoms with Gasteiger partial charge in [0.1, 0.15) is 131 Å². The fourth-order valence-electron chi connectivity index (χ4n) is 15.8. The Bertz CT molecular complexity index is 5320. The Balaban J connectivity index is 1.04. The molecule has 2 saturated heterocycles. The molecule has 21 N–H and O–H groups in total. The zero-order valence-corrected chi connectivity index (χ0v) is 70.5. The zero-order chi connectivity index (χ0) is 91.3. The van der Waals surface area contributed by atoms with Crippen LogP contribution in [0.1, 0.15) is 153 Å². The number of fused-ring (bicyclic) bond motifs is 14. The summed E-state index contributed by atoms with van der Waals surface area (Å²) in [6.07, 6.45) is -15.5. The molecule has 40 heteroatoms. The summed E-state index contributed by atoms with van der Waals surface area (Å²) in [5, 5.41) is 161. The van der Waals surface area contributed by atoms with E-state index in [1.807, 2.05) is 0 Å². The van der Waals surface area contributed by atoms with Crippen molar-refractivity contribution in [1.29, 1.82) is 0 Å². The molecule has 8 aliphatic heterocycles. The lowest BCUT2D eigenvalue weighted by atomic mass is 9.89. The van der Waals surface area contributed by atoms with Gasteiger partial charge in [0.05, 0.1) is 16.7 Å². The zero-order valence-electron chi connectivity index (χ0n) is 69.0. The number of ether oxygens (including phenoxy) is 7. The normalized spacial score (nSPS) is 25.9. The number of carbonyl (C=O) groups excluding carboxylic acids is 8. The van der Waals surface area contributed by atoms with E-state index in [4.69, 9.17) is 56.4 Å². The number of aliphatic hydroxyl groups excluding tert-OH is 7. The second-order valence-electron chi connectivity index (χ2n) is 32.3. The minimum Gasteiger partial charge on any atom is -0.508 e. The summed E-state index contributed by atoms with van der Waals surface area (Å²) < 4.78 is 44.4. The van der Waals surface area contributed by atoms with Gasteiger partial charge in [0, 0.05) is 41.8 Å². The molecule has 127 heavy (non-hydrogen) atoms. The van der Waals surface area contributed by atoms with Crippen LogP contribution in [-0.2, 0) is 52.6 Å². The number of nitrogens with zero attached hydrogens (tertiary/aromatic N) is 1. The maximum Gasteiger partial charge on any atom is 0.335 e.